The van der Waals surface area contributed by atoms with Crippen molar-refractivity contribution >= 4 is 50.7 Å². The van der Waals surface area contributed by atoms with Crippen LogP contribution < -0.4 is 9.62 Å². The van der Waals surface area contributed by atoms with E-state index in [1.54, 1.807) is 48.5 Å². The Morgan fingerprint density at radius 2 is 1.55 bits per heavy atom. The minimum Gasteiger partial charge on any atom is -0.357 e. The Labute approximate surface area is 240 Å². The molecule has 0 heterocycles. The van der Waals surface area contributed by atoms with Gasteiger partial charge in [0.25, 0.3) is 0 Å². The molecule has 0 saturated heterocycles. The first-order valence-electron chi connectivity index (χ1n) is 11.8. The van der Waals surface area contributed by atoms with Crippen LogP contribution >= 0.6 is 23.2 Å². The SMILES string of the molecule is CNC(=O)C(Cc1ccccc1)N(Cc1c(Cl)cccc1Cl)C(=O)CN(c1cccc(C(F)(F)F)c1)S(C)(=O)=O. The molecule has 7 nitrogen and oxygen atoms in total. The van der Waals surface area contributed by atoms with Gasteiger partial charge in [-0.15, -0.1) is 0 Å². The molecule has 3 aromatic carbocycles. The van der Waals surface area contributed by atoms with Crippen LogP contribution in [0.5, 0.6) is 0 Å². The Kier molecular flexibility index (Phi) is 10.1. The molecular formula is C27H26Cl2F3N3O4S. The molecule has 0 aliphatic carbocycles. The lowest BCUT2D eigenvalue weighted by Gasteiger charge is -2.33. The molecule has 0 aromatic heterocycles. The summed E-state index contributed by atoms with van der Waals surface area (Å²) >= 11 is 12.7. The summed E-state index contributed by atoms with van der Waals surface area (Å²) in [6, 6.07) is 16.0. The second kappa shape index (κ2) is 12.9. The second-order valence-corrected chi connectivity index (χ2v) is 11.6. The van der Waals surface area contributed by atoms with Crippen molar-refractivity contribution in [3.8, 4) is 0 Å². The molecule has 2 amide bonds. The van der Waals surface area contributed by atoms with E-state index in [9.17, 15) is 31.2 Å². The zero-order valence-electron chi connectivity index (χ0n) is 21.5. The average molecular weight is 616 g/mol. The predicted octanol–water partition coefficient (Wildman–Crippen LogP) is 5.16. The molecular weight excluding hydrogens is 590 g/mol. The highest BCUT2D eigenvalue weighted by Crippen LogP contribution is 2.33. The van der Waals surface area contributed by atoms with Crippen molar-refractivity contribution in [3.05, 3.63) is 99.5 Å². The van der Waals surface area contributed by atoms with E-state index in [0.717, 1.165) is 29.4 Å². The molecule has 40 heavy (non-hydrogen) atoms. The number of nitrogens with zero attached hydrogens (tertiary/aromatic N) is 2. The van der Waals surface area contributed by atoms with Crippen LogP contribution in [0, 0.1) is 0 Å². The van der Waals surface area contributed by atoms with Crippen molar-refractivity contribution in [2.45, 2.75) is 25.2 Å². The number of alkyl halides is 3. The number of nitrogens with one attached hydrogen (secondary N) is 1. The van der Waals surface area contributed by atoms with Gasteiger partial charge in [-0.2, -0.15) is 13.2 Å². The van der Waals surface area contributed by atoms with Gasteiger partial charge < -0.3 is 10.2 Å². The smallest absolute Gasteiger partial charge is 0.357 e. The van der Waals surface area contributed by atoms with E-state index in [0.29, 0.717) is 21.5 Å². The van der Waals surface area contributed by atoms with E-state index in [4.69, 9.17) is 23.2 Å². The van der Waals surface area contributed by atoms with Gasteiger partial charge in [0, 0.05) is 35.6 Å². The maximum atomic E-state index is 13.9. The van der Waals surface area contributed by atoms with E-state index < -0.39 is 46.2 Å². The molecule has 0 fully saturated rings. The zero-order valence-corrected chi connectivity index (χ0v) is 23.8. The number of carbonyl (C=O) groups is 2. The van der Waals surface area contributed by atoms with Crippen LogP contribution in [0.2, 0.25) is 10.0 Å². The quantitative estimate of drug-likeness (QED) is 0.341. The van der Waals surface area contributed by atoms with Gasteiger partial charge in [-0.3, -0.25) is 13.9 Å². The Hall–Kier alpha value is -3.28. The molecule has 1 N–H and O–H groups in total. The standard InChI is InChI=1S/C27H26Cl2F3N3O4S/c1-33-26(37)24(14-18-8-4-3-5-9-18)34(16-21-22(28)12-7-13-23(21)29)25(36)17-35(40(2,38)39)20-11-6-10-19(15-20)27(30,31)32/h3-13,15,24H,14,16-17H2,1-2H3,(H,33,37). The molecule has 214 valence electrons. The summed E-state index contributed by atoms with van der Waals surface area (Å²) in [5, 5.41) is 2.93. The third-order valence-corrected chi connectivity index (χ3v) is 7.90. The maximum absolute atomic E-state index is 13.9. The molecule has 0 aliphatic rings. The molecule has 13 heteroatoms. The number of anilines is 1. The minimum atomic E-state index is -4.74. The largest absolute Gasteiger partial charge is 0.416 e. The van der Waals surface area contributed by atoms with Gasteiger partial charge in [-0.1, -0.05) is 65.7 Å². The van der Waals surface area contributed by atoms with Gasteiger partial charge in [0.2, 0.25) is 21.8 Å². The van der Waals surface area contributed by atoms with Crippen LogP contribution in [0.4, 0.5) is 18.9 Å². The highest BCUT2D eigenvalue weighted by molar-refractivity contribution is 7.92. The molecule has 0 bridgehead atoms. The number of benzene rings is 3. The molecule has 0 spiro atoms. The third kappa shape index (κ3) is 7.89. The number of sulfonamides is 1. The van der Waals surface area contributed by atoms with Crippen molar-refractivity contribution in [1.82, 2.24) is 10.2 Å². The number of amides is 2. The van der Waals surface area contributed by atoms with E-state index in [1.165, 1.54) is 7.05 Å². The number of rotatable bonds is 10. The molecule has 1 atom stereocenters. The van der Waals surface area contributed by atoms with Gasteiger partial charge in [0.05, 0.1) is 17.5 Å². The summed E-state index contributed by atoms with van der Waals surface area (Å²) in [5.74, 6) is -1.41. The summed E-state index contributed by atoms with van der Waals surface area (Å²) in [6.07, 6.45) is -3.91. The monoisotopic (exact) mass is 615 g/mol. The molecule has 0 saturated carbocycles. The summed E-state index contributed by atoms with van der Waals surface area (Å²) in [7, 11) is -2.86. The summed E-state index contributed by atoms with van der Waals surface area (Å²) in [5.41, 5.74) is -0.429. The molecule has 0 aliphatic heterocycles. The van der Waals surface area contributed by atoms with Crippen LogP contribution in [-0.2, 0) is 38.8 Å². The predicted molar refractivity (Wildman–Crippen MR) is 149 cm³/mol. The fourth-order valence-electron chi connectivity index (χ4n) is 4.03. The zero-order chi connectivity index (χ0) is 29.7. The van der Waals surface area contributed by atoms with E-state index >= 15 is 0 Å². The number of halogens is 5. The topological polar surface area (TPSA) is 86.8 Å². The lowest BCUT2D eigenvalue weighted by molar-refractivity contribution is -0.139. The first kappa shape index (κ1) is 31.3. The normalized spacial score (nSPS) is 12.5. The van der Waals surface area contributed by atoms with Crippen LogP contribution in [0.25, 0.3) is 0 Å². The highest BCUT2D eigenvalue weighted by Gasteiger charge is 2.35. The first-order valence-corrected chi connectivity index (χ1v) is 14.5. The van der Waals surface area contributed by atoms with E-state index in [2.05, 4.69) is 5.32 Å². The van der Waals surface area contributed by atoms with Crippen LogP contribution in [0.15, 0.2) is 72.8 Å². The Morgan fingerprint density at radius 1 is 0.950 bits per heavy atom. The van der Waals surface area contributed by atoms with Gasteiger partial charge in [0.1, 0.15) is 12.6 Å². The second-order valence-electron chi connectivity index (χ2n) is 8.86. The van der Waals surface area contributed by atoms with Crippen molar-refractivity contribution in [2.75, 3.05) is 24.2 Å². The van der Waals surface area contributed by atoms with Crippen LogP contribution in [0.3, 0.4) is 0 Å². The lowest BCUT2D eigenvalue weighted by atomic mass is 10.0. The van der Waals surface area contributed by atoms with Gasteiger partial charge in [0.15, 0.2) is 0 Å². The molecule has 1 unspecified atom stereocenters. The van der Waals surface area contributed by atoms with Crippen LogP contribution in [-0.4, -0.2) is 51.0 Å². The maximum Gasteiger partial charge on any atom is 0.416 e. The Morgan fingerprint density at radius 3 is 2.10 bits per heavy atom. The van der Waals surface area contributed by atoms with Crippen molar-refractivity contribution in [1.29, 1.82) is 0 Å². The Bertz CT molecular complexity index is 1450. The van der Waals surface area contributed by atoms with Crippen molar-refractivity contribution < 1.29 is 31.2 Å². The minimum absolute atomic E-state index is 0.0523. The third-order valence-electron chi connectivity index (χ3n) is 6.05. The van der Waals surface area contributed by atoms with Crippen molar-refractivity contribution in [2.24, 2.45) is 0 Å². The first-order chi connectivity index (χ1) is 18.7. The van der Waals surface area contributed by atoms with Gasteiger partial charge >= 0.3 is 6.18 Å². The van der Waals surface area contributed by atoms with Crippen LogP contribution in [0.1, 0.15) is 16.7 Å². The fraction of sp³-hybridized carbons (Fsp3) is 0.259. The number of hydrogen-bond donors (Lipinski definition) is 1. The summed E-state index contributed by atoms with van der Waals surface area (Å²) < 4.78 is 66.1. The average Bonchev–Trinajstić information content (AvgIpc) is 2.89. The lowest BCUT2D eigenvalue weighted by Crippen LogP contribution is -2.53. The van der Waals surface area contributed by atoms with Gasteiger partial charge in [-0.25, -0.2) is 8.42 Å². The number of carbonyl (C=O) groups excluding carboxylic acids is 2. The molecule has 3 aromatic rings. The van der Waals surface area contributed by atoms with E-state index in [-0.39, 0.29) is 28.7 Å². The Balaban J connectivity index is 2.09. The number of hydrogen-bond acceptors (Lipinski definition) is 4. The molecule has 3 rings (SSSR count). The van der Waals surface area contributed by atoms with Gasteiger partial charge in [-0.05, 0) is 35.9 Å². The molecule has 0 radical (unpaired) electrons. The highest BCUT2D eigenvalue weighted by atomic mass is 35.5. The van der Waals surface area contributed by atoms with Crippen molar-refractivity contribution in [3.63, 3.8) is 0 Å². The fourth-order valence-corrected chi connectivity index (χ4v) is 5.38. The van der Waals surface area contributed by atoms with E-state index in [1.807, 2.05) is 0 Å². The summed E-state index contributed by atoms with van der Waals surface area (Å²) in [4.78, 5) is 28.1. The summed E-state index contributed by atoms with van der Waals surface area (Å²) in [6.45, 7) is -1.16. The number of likely N-dealkylation sites (N-methyl/N-ethyl adjacent to an activating group) is 1.